The highest BCUT2D eigenvalue weighted by atomic mass is 32.2. The Morgan fingerprint density at radius 1 is 0.969 bits per heavy atom. The predicted molar refractivity (Wildman–Crippen MR) is 120 cm³/mol. The van der Waals surface area contributed by atoms with Crippen molar-refractivity contribution in [1.82, 2.24) is 0 Å². The standard InChI is InChI=1S/C23H22N2O6S/c1-29-18-10-7-16(8-11-18)25-32(27,28)22-14-17(9-12-20(22)30-2)24-23(26)21-13-15-5-3-4-6-19(15)31-21/h3-12,14,21,25H,13H2,1-2H3,(H,24,26). The Morgan fingerprint density at radius 2 is 1.69 bits per heavy atom. The first-order valence-corrected chi connectivity index (χ1v) is 11.3. The number of nitrogens with one attached hydrogen (secondary N) is 2. The lowest BCUT2D eigenvalue weighted by Gasteiger charge is -2.15. The third-order valence-corrected chi connectivity index (χ3v) is 6.40. The Bertz CT molecular complexity index is 1220. The molecule has 0 spiro atoms. The maximum atomic E-state index is 13.0. The zero-order valence-corrected chi connectivity index (χ0v) is 18.3. The lowest BCUT2D eigenvalue weighted by atomic mass is 10.1. The van der Waals surface area contributed by atoms with E-state index in [4.69, 9.17) is 14.2 Å². The summed E-state index contributed by atoms with van der Waals surface area (Å²) in [5.74, 6) is 1.06. The van der Waals surface area contributed by atoms with Crippen LogP contribution < -0.4 is 24.2 Å². The molecule has 0 saturated carbocycles. The van der Waals surface area contributed by atoms with Crippen LogP contribution in [-0.2, 0) is 21.2 Å². The van der Waals surface area contributed by atoms with Crippen molar-refractivity contribution in [2.24, 2.45) is 0 Å². The summed E-state index contributed by atoms with van der Waals surface area (Å²) >= 11 is 0. The normalized spacial score (nSPS) is 14.8. The van der Waals surface area contributed by atoms with Gasteiger partial charge in [-0.25, -0.2) is 8.42 Å². The zero-order chi connectivity index (χ0) is 22.7. The van der Waals surface area contributed by atoms with E-state index in [9.17, 15) is 13.2 Å². The van der Waals surface area contributed by atoms with Gasteiger partial charge in [0.05, 0.1) is 14.2 Å². The van der Waals surface area contributed by atoms with Crippen LogP contribution in [0.3, 0.4) is 0 Å². The number of anilines is 2. The zero-order valence-electron chi connectivity index (χ0n) is 17.5. The van der Waals surface area contributed by atoms with Gasteiger partial charge in [0.15, 0.2) is 6.10 Å². The van der Waals surface area contributed by atoms with Crippen molar-refractivity contribution in [2.45, 2.75) is 17.4 Å². The van der Waals surface area contributed by atoms with Crippen LogP contribution in [0.1, 0.15) is 5.56 Å². The summed E-state index contributed by atoms with van der Waals surface area (Å²) in [5.41, 5.74) is 1.62. The highest BCUT2D eigenvalue weighted by Gasteiger charge is 2.29. The molecule has 2 N–H and O–H groups in total. The molecule has 4 rings (SSSR count). The number of hydrogen-bond acceptors (Lipinski definition) is 6. The number of hydrogen-bond donors (Lipinski definition) is 2. The molecule has 1 unspecified atom stereocenters. The van der Waals surface area contributed by atoms with Gasteiger partial charge in [0.25, 0.3) is 15.9 Å². The van der Waals surface area contributed by atoms with Crippen molar-refractivity contribution >= 4 is 27.3 Å². The molecule has 0 aliphatic carbocycles. The Labute approximate surface area is 186 Å². The molecule has 1 amide bonds. The Kier molecular flexibility index (Phi) is 5.91. The fourth-order valence-electron chi connectivity index (χ4n) is 3.38. The van der Waals surface area contributed by atoms with Gasteiger partial charge < -0.3 is 19.5 Å². The van der Waals surface area contributed by atoms with E-state index in [-0.39, 0.29) is 16.6 Å². The Balaban J connectivity index is 1.53. The van der Waals surface area contributed by atoms with E-state index in [1.807, 2.05) is 24.3 Å². The van der Waals surface area contributed by atoms with Crippen molar-refractivity contribution in [2.75, 3.05) is 24.3 Å². The number of sulfonamides is 1. The summed E-state index contributed by atoms with van der Waals surface area (Å²) in [6.45, 7) is 0. The van der Waals surface area contributed by atoms with E-state index in [0.29, 0.717) is 29.3 Å². The second-order valence-corrected chi connectivity index (χ2v) is 8.76. The third kappa shape index (κ3) is 4.47. The molecule has 0 saturated heterocycles. The minimum atomic E-state index is -4.00. The first kappa shape index (κ1) is 21.5. The van der Waals surface area contributed by atoms with Gasteiger partial charge in [-0.3, -0.25) is 9.52 Å². The number of para-hydroxylation sites is 1. The fourth-order valence-corrected chi connectivity index (χ4v) is 4.64. The number of benzene rings is 3. The lowest BCUT2D eigenvalue weighted by molar-refractivity contribution is -0.122. The van der Waals surface area contributed by atoms with E-state index in [2.05, 4.69) is 10.0 Å². The van der Waals surface area contributed by atoms with Gasteiger partial charge >= 0.3 is 0 Å². The summed E-state index contributed by atoms with van der Waals surface area (Å²) in [7, 11) is -1.09. The molecular weight excluding hydrogens is 432 g/mol. The maximum Gasteiger partial charge on any atom is 0.265 e. The number of methoxy groups -OCH3 is 2. The number of amides is 1. The second kappa shape index (κ2) is 8.80. The molecule has 3 aromatic rings. The van der Waals surface area contributed by atoms with Crippen LogP contribution in [0.15, 0.2) is 71.6 Å². The van der Waals surface area contributed by atoms with Gasteiger partial charge in [-0.15, -0.1) is 0 Å². The SMILES string of the molecule is COc1ccc(NS(=O)(=O)c2cc(NC(=O)C3Cc4ccccc4O3)ccc2OC)cc1. The fraction of sp³-hybridized carbons (Fsp3) is 0.174. The van der Waals surface area contributed by atoms with E-state index >= 15 is 0 Å². The van der Waals surface area contributed by atoms with Crippen LogP contribution in [0.2, 0.25) is 0 Å². The van der Waals surface area contributed by atoms with Crippen molar-refractivity contribution < 1.29 is 27.4 Å². The second-order valence-electron chi connectivity index (χ2n) is 7.11. The average Bonchev–Trinajstić information content (AvgIpc) is 3.24. The molecular formula is C23H22N2O6S. The summed E-state index contributed by atoms with van der Waals surface area (Å²) in [4.78, 5) is 12.6. The number of rotatable bonds is 7. The molecule has 166 valence electrons. The smallest absolute Gasteiger partial charge is 0.265 e. The molecule has 1 heterocycles. The average molecular weight is 455 g/mol. The molecule has 9 heteroatoms. The minimum absolute atomic E-state index is 0.107. The van der Waals surface area contributed by atoms with Gasteiger partial charge in [-0.2, -0.15) is 0 Å². The molecule has 1 atom stereocenters. The van der Waals surface area contributed by atoms with Crippen molar-refractivity contribution in [3.8, 4) is 17.2 Å². The van der Waals surface area contributed by atoms with Gasteiger partial charge in [-0.1, -0.05) is 18.2 Å². The monoisotopic (exact) mass is 454 g/mol. The van der Waals surface area contributed by atoms with Gasteiger partial charge in [0.1, 0.15) is 22.1 Å². The van der Waals surface area contributed by atoms with E-state index in [1.165, 1.54) is 26.4 Å². The minimum Gasteiger partial charge on any atom is -0.497 e. The highest BCUT2D eigenvalue weighted by Crippen LogP contribution is 2.31. The van der Waals surface area contributed by atoms with Crippen LogP contribution in [0.5, 0.6) is 17.2 Å². The first-order chi connectivity index (χ1) is 15.4. The Hall–Kier alpha value is -3.72. The molecule has 0 radical (unpaired) electrons. The van der Waals surface area contributed by atoms with Crippen LogP contribution in [-0.4, -0.2) is 34.6 Å². The molecule has 3 aromatic carbocycles. The highest BCUT2D eigenvalue weighted by molar-refractivity contribution is 7.92. The van der Waals surface area contributed by atoms with Crippen LogP contribution in [0.25, 0.3) is 0 Å². The molecule has 8 nitrogen and oxygen atoms in total. The van der Waals surface area contributed by atoms with Crippen LogP contribution in [0, 0.1) is 0 Å². The van der Waals surface area contributed by atoms with E-state index < -0.39 is 16.1 Å². The molecule has 1 aliphatic heterocycles. The van der Waals surface area contributed by atoms with Crippen LogP contribution >= 0.6 is 0 Å². The maximum absolute atomic E-state index is 13.0. The lowest BCUT2D eigenvalue weighted by Crippen LogP contribution is -2.31. The summed E-state index contributed by atoms with van der Waals surface area (Å²) in [6.07, 6.45) is -0.241. The quantitative estimate of drug-likeness (QED) is 0.567. The van der Waals surface area contributed by atoms with Crippen LogP contribution in [0.4, 0.5) is 11.4 Å². The molecule has 0 bridgehead atoms. The largest absolute Gasteiger partial charge is 0.497 e. The first-order valence-electron chi connectivity index (χ1n) is 9.80. The van der Waals surface area contributed by atoms with Gasteiger partial charge in [0, 0.05) is 17.8 Å². The van der Waals surface area contributed by atoms with Gasteiger partial charge in [0.2, 0.25) is 0 Å². The molecule has 0 aromatic heterocycles. The summed E-state index contributed by atoms with van der Waals surface area (Å²) in [6, 6.07) is 18.3. The molecule has 1 aliphatic rings. The van der Waals surface area contributed by atoms with E-state index in [0.717, 1.165) is 5.56 Å². The number of fused-ring (bicyclic) bond motifs is 1. The molecule has 0 fully saturated rings. The number of ether oxygens (including phenoxy) is 3. The summed E-state index contributed by atoms with van der Waals surface area (Å²) < 4.78 is 44.6. The Morgan fingerprint density at radius 3 is 2.38 bits per heavy atom. The summed E-state index contributed by atoms with van der Waals surface area (Å²) in [5, 5.41) is 2.73. The van der Waals surface area contributed by atoms with Crippen molar-refractivity contribution in [1.29, 1.82) is 0 Å². The number of carbonyl (C=O) groups is 1. The van der Waals surface area contributed by atoms with Gasteiger partial charge in [-0.05, 0) is 54.1 Å². The molecule has 32 heavy (non-hydrogen) atoms. The topological polar surface area (TPSA) is 103 Å². The van der Waals surface area contributed by atoms with Crippen molar-refractivity contribution in [3.05, 3.63) is 72.3 Å². The van der Waals surface area contributed by atoms with E-state index in [1.54, 1.807) is 30.3 Å². The number of carbonyl (C=O) groups excluding carboxylic acids is 1. The third-order valence-electron chi connectivity index (χ3n) is 5.00. The van der Waals surface area contributed by atoms with Crippen molar-refractivity contribution in [3.63, 3.8) is 0 Å². The predicted octanol–water partition coefficient (Wildman–Crippen LogP) is 3.45.